The molecule has 4 rings (SSSR count). The molecule has 1 amide bonds. The van der Waals surface area contributed by atoms with Crippen molar-refractivity contribution in [2.75, 3.05) is 39.3 Å². The molecule has 3 saturated heterocycles. The van der Waals surface area contributed by atoms with E-state index in [4.69, 9.17) is 14.6 Å². The van der Waals surface area contributed by atoms with Crippen LogP contribution < -0.4 is 0 Å². The van der Waals surface area contributed by atoms with Gasteiger partial charge in [-0.1, -0.05) is 17.7 Å². The number of benzene rings is 1. The second-order valence-corrected chi connectivity index (χ2v) is 9.63. The number of piperidine rings is 2. The molecule has 1 atom stereocenters. The first-order valence-electron chi connectivity index (χ1n) is 11.7. The molecule has 3 aliphatic heterocycles. The predicted molar refractivity (Wildman–Crippen MR) is 118 cm³/mol. The van der Waals surface area contributed by atoms with Gasteiger partial charge >= 0.3 is 12.1 Å². The molecule has 10 heteroatoms. The van der Waals surface area contributed by atoms with Crippen LogP contribution in [0, 0.1) is 12.3 Å². The summed E-state index contributed by atoms with van der Waals surface area (Å²) in [5, 5.41) is 16.8. The van der Waals surface area contributed by atoms with Gasteiger partial charge in [0.1, 0.15) is 0 Å². The molecule has 2 N–H and O–H groups in total. The number of hydrogen-bond acceptors (Lipinski definition) is 5. The van der Waals surface area contributed by atoms with Crippen LogP contribution in [0.3, 0.4) is 0 Å². The lowest BCUT2D eigenvalue weighted by atomic mass is 9.76. The van der Waals surface area contributed by atoms with Gasteiger partial charge in [0.05, 0.1) is 18.8 Å². The van der Waals surface area contributed by atoms with Crippen molar-refractivity contribution in [2.24, 2.45) is 5.41 Å². The lowest BCUT2D eigenvalue weighted by Gasteiger charge is -2.38. The maximum absolute atomic E-state index is 12.7. The molecule has 3 fully saturated rings. The first-order chi connectivity index (χ1) is 16.0. The molecule has 34 heavy (non-hydrogen) atoms. The molecule has 1 unspecified atom stereocenters. The number of carboxylic acid groups (broad SMARTS) is 1. The van der Waals surface area contributed by atoms with Gasteiger partial charge in [-0.3, -0.25) is 4.79 Å². The van der Waals surface area contributed by atoms with Crippen LogP contribution in [0.1, 0.15) is 48.0 Å². The molecular weight excluding hydrogens is 453 g/mol. The van der Waals surface area contributed by atoms with E-state index in [1.165, 1.54) is 5.56 Å². The van der Waals surface area contributed by atoms with E-state index >= 15 is 0 Å². The third-order valence-corrected chi connectivity index (χ3v) is 6.96. The lowest BCUT2D eigenvalue weighted by Crippen LogP contribution is -2.44. The molecule has 1 aromatic carbocycles. The average molecular weight is 487 g/mol. The fourth-order valence-electron chi connectivity index (χ4n) is 4.81. The second-order valence-electron chi connectivity index (χ2n) is 9.63. The highest BCUT2D eigenvalue weighted by atomic mass is 19.4. The van der Waals surface area contributed by atoms with Crippen LogP contribution in [0.4, 0.5) is 13.2 Å². The van der Waals surface area contributed by atoms with E-state index in [2.05, 4.69) is 4.90 Å². The predicted octanol–water partition coefficient (Wildman–Crippen LogP) is 3.10. The van der Waals surface area contributed by atoms with Gasteiger partial charge in [0.2, 0.25) is 0 Å². The summed E-state index contributed by atoms with van der Waals surface area (Å²) in [5.41, 5.74) is 2.23. The number of aryl methyl sites for hydroxylation is 1. The number of alkyl halides is 3. The highest BCUT2D eigenvalue weighted by Gasteiger charge is 2.43. The third-order valence-electron chi connectivity index (χ3n) is 6.96. The molecule has 1 aromatic rings. The molecule has 190 valence electrons. The van der Waals surface area contributed by atoms with Gasteiger partial charge in [0.25, 0.3) is 5.91 Å². The number of aliphatic hydroxyl groups is 1. The van der Waals surface area contributed by atoms with Crippen LogP contribution >= 0.6 is 0 Å². The number of carbonyl (C=O) groups is 2. The van der Waals surface area contributed by atoms with Crippen LogP contribution in [0.2, 0.25) is 0 Å². The first kappa shape index (κ1) is 26.4. The van der Waals surface area contributed by atoms with Gasteiger partial charge in [-0.15, -0.1) is 0 Å². The summed E-state index contributed by atoms with van der Waals surface area (Å²) in [6.07, 6.45) is 0.0622. The standard InChI is InChI=1S/C22H32N2O3.C2HF3O2/c1-17-2-4-18(5-3-17)21(26)24-12-8-22(9-13-24)14-20(27-16-22)15-23-10-6-19(25)7-11-23;3-2(4,5)1(6)7/h2-5,19-20,25H,6-16H2,1H3;(H,6,7). The molecule has 3 aliphatic rings. The Kier molecular flexibility index (Phi) is 8.59. The quantitative estimate of drug-likeness (QED) is 0.683. The van der Waals surface area contributed by atoms with Crippen LogP contribution in [-0.2, 0) is 9.53 Å². The zero-order valence-electron chi connectivity index (χ0n) is 19.4. The Morgan fingerprint density at radius 3 is 2.18 bits per heavy atom. The minimum absolute atomic E-state index is 0.118. The summed E-state index contributed by atoms with van der Waals surface area (Å²) in [5.74, 6) is -2.60. The van der Waals surface area contributed by atoms with Crippen molar-refractivity contribution in [3.8, 4) is 0 Å². The summed E-state index contributed by atoms with van der Waals surface area (Å²) >= 11 is 0. The maximum atomic E-state index is 12.7. The monoisotopic (exact) mass is 486 g/mol. The number of likely N-dealkylation sites (tertiary alicyclic amines) is 2. The smallest absolute Gasteiger partial charge is 0.475 e. The Labute approximate surface area is 197 Å². The van der Waals surface area contributed by atoms with Crippen LogP contribution in [0.5, 0.6) is 0 Å². The molecule has 0 aromatic heterocycles. The van der Waals surface area contributed by atoms with E-state index in [1.807, 2.05) is 36.1 Å². The second kappa shape index (κ2) is 11.0. The fourth-order valence-corrected chi connectivity index (χ4v) is 4.81. The van der Waals surface area contributed by atoms with Gasteiger partial charge in [0, 0.05) is 38.3 Å². The van der Waals surface area contributed by atoms with Gasteiger partial charge in [-0.25, -0.2) is 4.79 Å². The number of halogens is 3. The normalized spacial score (nSPS) is 23.4. The zero-order chi connectivity index (χ0) is 24.9. The lowest BCUT2D eigenvalue weighted by molar-refractivity contribution is -0.192. The highest BCUT2D eigenvalue weighted by Crippen LogP contribution is 2.42. The summed E-state index contributed by atoms with van der Waals surface area (Å²) in [6, 6.07) is 7.89. The van der Waals surface area contributed by atoms with Crippen molar-refractivity contribution in [1.29, 1.82) is 0 Å². The largest absolute Gasteiger partial charge is 0.490 e. The highest BCUT2D eigenvalue weighted by molar-refractivity contribution is 5.94. The van der Waals surface area contributed by atoms with Crippen LogP contribution in [-0.4, -0.2) is 89.6 Å². The van der Waals surface area contributed by atoms with Crippen molar-refractivity contribution in [3.05, 3.63) is 35.4 Å². The van der Waals surface area contributed by atoms with Gasteiger partial charge in [-0.05, 0) is 56.6 Å². The molecule has 7 nitrogen and oxygen atoms in total. The number of aliphatic hydroxyl groups excluding tert-OH is 1. The Hall–Kier alpha value is -2.17. The summed E-state index contributed by atoms with van der Waals surface area (Å²) in [6.45, 7) is 7.49. The minimum atomic E-state index is -5.08. The Morgan fingerprint density at radius 2 is 1.65 bits per heavy atom. The number of amides is 1. The molecular formula is C24H33F3N2O5. The van der Waals surface area contributed by atoms with E-state index in [-0.39, 0.29) is 17.4 Å². The molecule has 0 aliphatic carbocycles. The van der Waals surface area contributed by atoms with Gasteiger partial charge in [-0.2, -0.15) is 13.2 Å². The topological polar surface area (TPSA) is 90.3 Å². The average Bonchev–Trinajstić information content (AvgIpc) is 3.17. The Bertz CT molecular complexity index is 830. The Balaban J connectivity index is 0.000000406. The van der Waals surface area contributed by atoms with Crippen molar-refractivity contribution in [1.82, 2.24) is 9.80 Å². The van der Waals surface area contributed by atoms with Gasteiger partial charge in [0.15, 0.2) is 0 Å². The van der Waals surface area contributed by atoms with Crippen molar-refractivity contribution in [3.63, 3.8) is 0 Å². The molecule has 0 bridgehead atoms. The number of rotatable bonds is 3. The number of carboxylic acids is 1. The van der Waals surface area contributed by atoms with Crippen LogP contribution in [0.15, 0.2) is 24.3 Å². The van der Waals surface area contributed by atoms with E-state index in [0.29, 0.717) is 6.10 Å². The number of ether oxygens (including phenoxy) is 1. The molecule has 0 saturated carbocycles. The molecule has 3 heterocycles. The van der Waals surface area contributed by atoms with Crippen molar-refractivity contribution >= 4 is 11.9 Å². The SMILES string of the molecule is Cc1ccc(C(=O)N2CCC3(CC2)COC(CN2CCC(O)CC2)C3)cc1.O=C(O)C(F)(F)F. The van der Waals surface area contributed by atoms with E-state index in [1.54, 1.807) is 0 Å². The van der Waals surface area contributed by atoms with Crippen LogP contribution in [0.25, 0.3) is 0 Å². The summed E-state index contributed by atoms with van der Waals surface area (Å²) in [7, 11) is 0. The van der Waals surface area contributed by atoms with E-state index in [0.717, 1.165) is 77.0 Å². The molecule has 0 radical (unpaired) electrons. The maximum Gasteiger partial charge on any atom is 0.490 e. The number of aliphatic carboxylic acids is 1. The number of carbonyl (C=O) groups excluding carboxylic acids is 1. The summed E-state index contributed by atoms with van der Waals surface area (Å²) < 4.78 is 37.9. The van der Waals surface area contributed by atoms with Gasteiger partial charge < -0.3 is 24.7 Å². The summed E-state index contributed by atoms with van der Waals surface area (Å²) in [4.78, 5) is 26.1. The number of hydrogen-bond donors (Lipinski definition) is 2. The zero-order valence-corrected chi connectivity index (χ0v) is 19.4. The number of nitrogens with zero attached hydrogens (tertiary/aromatic N) is 2. The fraction of sp³-hybridized carbons (Fsp3) is 0.667. The third kappa shape index (κ3) is 7.16. The minimum Gasteiger partial charge on any atom is -0.475 e. The first-order valence-corrected chi connectivity index (χ1v) is 11.7. The van der Waals surface area contributed by atoms with Crippen molar-refractivity contribution < 1.29 is 37.7 Å². The van der Waals surface area contributed by atoms with Crippen molar-refractivity contribution in [2.45, 2.75) is 57.4 Å². The molecule has 1 spiro atoms. The van der Waals surface area contributed by atoms with E-state index < -0.39 is 12.1 Å². The van der Waals surface area contributed by atoms with E-state index in [9.17, 15) is 23.1 Å². The Morgan fingerprint density at radius 1 is 1.09 bits per heavy atom.